The molecule has 0 aliphatic carbocycles. The quantitative estimate of drug-likeness (QED) is 0.685. The Morgan fingerprint density at radius 2 is 2.06 bits per heavy atom. The molecule has 1 rings (SSSR count). The van der Waals surface area contributed by atoms with Crippen LogP contribution in [0.5, 0.6) is 5.75 Å². The largest absolute Gasteiger partial charge is 0.489 e. The monoisotopic (exact) mass is 260 g/mol. The zero-order valence-corrected chi connectivity index (χ0v) is 10.4. The van der Waals surface area contributed by atoms with E-state index in [-0.39, 0.29) is 12.6 Å². The highest BCUT2D eigenvalue weighted by Gasteiger charge is 2.17. The van der Waals surface area contributed by atoms with Crippen LogP contribution in [0.25, 0.3) is 0 Å². The summed E-state index contributed by atoms with van der Waals surface area (Å²) in [5.41, 5.74) is 6.64. The number of ether oxygens (including phenoxy) is 1. The molecule has 18 heavy (non-hydrogen) atoms. The van der Waals surface area contributed by atoms with Crippen molar-refractivity contribution in [2.45, 2.75) is 32.5 Å². The first-order chi connectivity index (χ1) is 8.41. The number of aliphatic hydroxyl groups excluding tert-OH is 1. The smallest absolute Gasteiger partial charge is 0.265 e. The highest BCUT2D eigenvalue weighted by Crippen LogP contribution is 2.30. The van der Waals surface area contributed by atoms with E-state index in [1.54, 1.807) is 18.2 Å². The molecule has 102 valence electrons. The van der Waals surface area contributed by atoms with Gasteiger partial charge in [0.15, 0.2) is 0 Å². The van der Waals surface area contributed by atoms with E-state index in [0.29, 0.717) is 17.1 Å². The van der Waals surface area contributed by atoms with Crippen molar-refractivity contribution in [2.75, 3.05) is 17.6 Å². The molecule has 0 saturated heterocycles. The van der Waals surface area contributed by atoms with Crippen LogP contribution in [0.1, 0.15) is 13.8 Å². The molecule has 1 aromatic rings. The number of nitrogen functional groups attached to an aromatic ring is 1. The van der Waals surface area contributed by atoms with Gasteiger partial charge in [-0.05, 0) is 26.0 Å². The average Bonchev–Trinajstić information content (AvgIpc) is 2.29. The number of nitrogens with two attached hydrogens (primary N) is 1. The Kier molecular flexibility index (Phi) is 5.15. The third-order valence-corrected chi connectivity index (χ3v) is 2.22. The Hall–Kier alpha value is -1.56. The van der Waals surface area contributed by atoms with E-state index in [1.165, 1.54) is 0 Å². The van der Waals surface area contributed by atoms with Crippen LogP contribution in [0.4, 0.5) is 20.2 Å². The van der Waals surface area contributed by atoms with Gasteiger partial charge in [0, 0.05) is 6.54 Å². The van der Waals surface area contributed by atoms with Gasteiger partial charge in [-0.15, -0.1) is 0 Å². The van der Waals surface area contributed by atoms with Crippen molar-refractivity contribution in [1.82, 2.24) is 0 Å². The number of hydrogen-bond donors (Lipinski definition) is 3. The summed E-state index contributed by atoms with van der Waals surface area (Å²) < 4.78 is 29.7. The molecule has 0 heterocycles. The summed E-state index contributed by atoms with van der Waals surface area (Å²) in [5, 5.41) is 11.7. The summed E-state index contributed by atoms with van der Waals surface area (Å²) >= 11 is 0. The topological polar surface area (TPSA) is 67.5 Å². The third kappa shape index (κ3) is 4.03. The molecule has 1 aromatic carbocycles. The number of anilines is 2. The van der Waals surface area contributed by atoms with Crippen LogP contribution in [0.15, 0.2) is 18.2 Å². The Morgan fingerprint density at radius 3 is 2.61 bits per heavy atom. The minimum atomic E-state index is -2.78. The number of nitrogens with one attached hydrogen (secondary N) is 1. The van der Waals surface area contributed by atoms with Gasteiger partial charge in [0.2, 0.25) is 0 Å². The number of benzene rings is 1. The summed E-state index contributed by atoms with van der Waals surface area (Å²) in [4.78, 5) is 0. The summed E-state index contributed by atoms with van der Waals surface area (Å²) in [5.74, 6) is 0.488. The molecule has 0 aliphatic rings. The van der Waals surface area contributed by atoms with E-state index in [4.69, 9.17) is 15.6 Å². The van der Waals surface area contributed by atoms with Crippen LogP contribution in [-0.2, 0) is 0 Å². The van der Waals surface area contributed by atoms with Gasteiger partial charge in [0.1, 0.15) is 11.9 Å². The van der Waals surface area contributed by atoms with Crippen LogP contribution < -0.4 is 15.8 Å². The van der Waals surface area contributed by atoms with Gasteiger partial charge in [-0.2, -0.15) is 0 Å². The van der Waals surface area contributed by atoms with Crippen LogP contribution >= 0.6 is 0 Å². The number of halogens is 2. The maximum Gasteiger partial charge on any atom is 0.265 e. The van der Waals surface area contributed by atoms with E-state index in [2.05, 4.69) is 5.32 Å². The standard InChI is InChI=1S/C12H18F2N2O2/c1-7(2)18-10-5-3-4-8(11(10)15)16-6-9(17)12(13)14/h3-5,7,9,12,16-17H,6,15H2,1-2H3. The second-order valence-corrected chi connectivity index (χ2v) is 4.17. The fraction of sp³-hybridized carbons (Fsp3) is 0.500. The molecular weight excluding hydrogens is 242 g/mol. The molecular formula is C12H18F2N2O2. The number of alkyl halides is 2. The van der Waals surface area contributed by atoms with Crippen LogP contribution in [0.2, 0.25) is 0 Å². The normalized spacial score (nSPS) is 12.8. The molecule has 0 radical (unpaired) electrons. The number of aliphatic hydroxyl groups is 1. The van der Waals surface area contributed by atoms with Gasteiger partial charge in [0.25, 0.3) is 6.43 Å². The summed E-state index contributed by atoms with van der Waals surface area (Å²) in [6.45, 7) is 3.45. The Labute approximate surface area is 105 Å². The van der Waals surface area contributed by atoms with E-state index in [0.717, 1.165) is 0 Å². The second kappa shape index (κ2) is 6.39. The SMILES string of the molecule is CC(C)Oc1cccc(NCC(O)C(F)F)c1N. The maximum atomic E-state index is 12.1. The van der Waals surface area contributed by atoms with Gasteiger partial charge in [0.05, 0.1) is 17.5 Å². The molecule has 0 fully saturated rings. The maximum absolute atomic E-state index is 12.1. The van der Waals surface area contributed by atoms with Crippen molar-refractivity contribution in [3.63, 3.8) is 0 Å². The van der Waals surface area contributed by atoms with E-state index in [1.807, 2.05) is 13.8 Å². The fourth-order valence-electron chi connectivity index (χ4n) is 1.36. The summed E-state index contributed by atoms with van der Waals surface area (Å²) in [7, 11) is 0. The molecule has 0 bridgehead atoms. The molecule has 1 atom stereocenters. The van der Waals surface area contributed by atoms with E-state index < -0.39 is 12.5 Å². The van der Waals surface area contributed by atoms with Crippen molar-refractivity contribution in [3.05, 3.63) is 18.2 Å². The molecule has 0 aromatic heterocycles. The van der Waals surface area contributed by atoms with Crippen molar-refractivity contribution in [1.29, 1.82) is 0 Å². The van der Waals surface area contributed by atoms with Crippen molar-refractivity contribution < 1.29 is 18.6 Å². The highest BCUT2D eigenvalue weighted by atomic mass is 19.3. The molecule has 4 nitrogen and oxygen atoms in total. The third-order valence-electron chi connectivity index (χ3n) is 2.22. The number of para-hydroxylation sites is 1. The minimum Gasteiger partial charge on any atom is -0.489 e. The number of rotatable bonds is 6. The summed E-state index contributed by atoms with van der Waals surface area (Å²) in [6.07, 6.45) is -4.54. The van der Waals surface area contributed by atoms with Crippen LogP contribution in [0.3, 0.4) is 0 Å². The van der Waals surface area contributed by atoms with Crippen molar-refractivity contribution >= 4 is 11.4 Å². The zero-order valence-electron chi connectivity index (χ0n) is 10.4. The molecule has 0 aliphatic heterocycles. The lowest BCUT2D eigenvalue weighted by atomic mass is 10.2. The average molecular weight is 260 g/mol. The van der Waals surface area contributed by atoms with Gasteiger partial charge >= 0.3 is 0 Å². The van der Waals surface area contributed by atoms with E-state index >= 15 is 0 Å². The number of hydrogen-bond acceptors (Lipinski definition) is 4. The zero-order chi connectivity index (χ0) is 13.7. The Bertz CT molecular complexity index is 386. The first-order valence-corrected chi connectivity index (χ1v) is 5.67. The second-order valence-electron chi connectivity index (χ2n) is 4.17. The van der Waals surface area contributed by atoms with Gasteiger partial charge < -0.3 is 20.9 Å². The Morgan fingerprint density at radius 1 is 1.39 bits per heavy atom. The molecule has 1 unspecified atom stereocenters. The molecule has 6 heteroatoms. The molecule has 0 saturated carbocycles. The predicted molar refractivity (Wildman–Crippen MR) is 67.1 cm³/mol. The van der Waals surface area contributed by atoms with Gasteiger partial charge in [-0.25, -0.2) is 8.78 Å². The van der Waals surface area contributed by atoms with E-state index in [9.17, 15) is 8.78 Å². The predicted octanol–water partition coefficient (Wildman–Crippen LogP) is 2.09. The lowest BCUT2D eigenvalue weighted by Gasteiger charge is -2.17. The summed E-state index contributed by atoms with van der Waals surface area (Å²) in [6, 6.07) is 5.04. The lowest BCUT2D eigenvalue weighted by Crippen LogP contribution is -2.27. The van der Waals surface area contributed by atoms with Crippen molar-refractivity contribution in [2.24, 2.45) is 0 Å². The first kappa shape index (κ1) is 14.5. The highest BCUT2D eigenvalue weighted by molar-refractivity contribution is 5.72. The van der Waals surface area contributed by atoms with Crippen molar-refractivity contribution in [3.8, 4) is 5.75 Å². The Balaban J connectivity index is 2.72. The molecule has 4 N–H and O–H groups in total. The van der Waals surface area contributed by atoms with Crippen LogP contribution in [-0.4, -0.2) is 30.3 Å². The molecule has 0 spiro atoms. The minimum absolute atomic E-state index is 0.0331. The van der Waals surface area contributed by atoms with Gasteiger partial charge in [-0.1, -0.05) is 6.07 Å². The molecule has 0 amide bonds. The first-order valence-electron chi connectivity index (χ1n) is 5.67. The lowest BCUT2D eigenvalue weighted by molar-refractivity contribution is 0.00385. The fourth-order valence-corrected chi connectivity index (χ4v) is 1.36. The van der Waals surface area contributed by atoms with Gasteiger partial charge in [-0.3, -0.25) is 0 Å². The van der Waals surface area contributed by atoms with Crippen LogP contribution in [0, 0.1) is 0 Å².